The predicted molar refractivity (Wildman–Crippen MR) is 185 cm³/mol. The highest BCUT2D eigenvalue weighted by atomic mass is 16.5. The minimum Gasteiger partial charge on any atom is -0.394 e. The summed E-state index contributed by atoms with van der Waals surface area (Å²) in [6.07, 6.45) is 35.1. The second-order valence-electron chi connectivity index (χ2n) is 13.6. The van der Waals surface area contributed by atoms with Gasteiger partial charge in [0.1, 0.15) is 0 Å². The summed E-state index contributed by atoms with van der Waals surface area (Å²) in [5.74, 6) is 0. The molecule has 0 amide bonds. The van der Waals surface area contributed by atoms with Crippen LogP contribution in [0.3, 0.4) is 0 Å². The summed E-state index contributed by atoms with van der Waals surface area (Å²) in [5.41, 5.74) is 0. The van der Waals surface area contributed by atoms with Gasteiger partial charge in [-0.25, -0.2) is 0 Å². The van der Waals surface area contributed by atoms with Crippen LogP contribution >= 0.6 is 0 Å². The molecule has 0 aliphatic rings. The molecule has 0 rings (SSSR count). The second-order valence-corrected chi connectivity index (χ2v) is 13.6. The fourth-order valence-electron chi connectivity index (χ4n) is 6.29. The maximum absolute atomic E-state index is 10.2. The van der Waals surface area contributed by atoms with Gasteiger partial charge in [-0.05, 0) is 12.8 Å². The Morgan fingerprint density at radius 2 is 0.605 bits per heavy atom. The van der Waals surface area contributed by atoms with Crippen molar-refractivity contribution in [1.82, 2.24) is 0 Å². The highest BCUT2D eigenvalue weighted by molar-refractivity contribution is 4.71. The molecule has 43 heavy (non-hydrogen) atoms. The van der Waals surface area contributed by atoms with Gasteiger partial charge >= 0.3 is 0 Å². The van der Waals surface area contributed by atoms with E-state index in [2.05, 4.69) is 13.8 Å². The molecule has 4 N–H and O–H groups in total. The SMILES string of the molecule is CCCCCCCCCCCCCCCC(CC(O)CO)OC(CCCCCCCCCCCCCCC)CC(O)CO. The first kappa shape index (κ1) is 42.8. The molecule has 4 atom stereocenters. The van der Waals surface area contributed by atoms with Crippen LogP contribution in [0.2, 0.25) is 0 Å². The van der Waals surface area contributed by atoms with Crippen LogP contribution in [0.15, 0.2) is 0 Å². The number of aliphatic hydroxyl groups excluding tert-OH is 4. The fourth-order valence-corrected chi connectivity index (χ4v) is 6.29. The van der Waals surface area contributed by atoms with Gasteiger partial charge in [-0.2, -0.15) is 0 Å². The lowest BCUT2D eigenvalue weighted by atomic mass is 10.00. The number of hydrogen-bond donors (Lipinski definition) is 4. The zero-order valence-electron chi connectivity index (χ0n) is 29.1. The molecule has 0 aromatic carbocycles. The van der Waals surface area contributed by atoms with Crippen LogP contribution in [0.25, 0.3) is 0 Å². The van der Waals surface area contributed by atoms with Crippen LogP contribution < -0.4 is 0 Å². The lowest BCUT2D eigenvalue weighted by molar-refractivity contribution is -0.0712. The molecule has 0 aliphatic heterocycles. The normalized spacial score (nSPS) is 14.7. The molecule has 260 valence electrons. The number of unbranched alkanes of at least 4 members (excludes halogenated alkanes) is 24. The molecule has 0 aliphatic carbocycles. The van der Waals surface area contributed by atoms with E-state index in [1.165, 1.54) is 154 Å². The lowest BCUT2D eigenvalue weighted by Gasteiger charge is -2.28. The van der Waals surface area contributed by atoms with Crippen LogP contribution in [-0.2, 0) is 4.74 Å². The fraction of sp³-hybridized carbons (Fsp3) is 1.00. The third-order valence-corrected chi connectivity index (χ3v) is 9.14. The molecule has 4 unspecified atom stereocenters. The molecular weight excluding hydrogens is 536 g/mol. The quantitative estimate of drug-likeness (QED) is 0.0527. The Morgan fingerprint density at radius 3 is 0.837 bits per heavy atom. The van der Waals surface area contributed by atoms with Crippen molar-refractivity contribution in [2.45, 2.75) is 231 Å². The summed E-state index contributed by atoms with van der Waals surface area (Å²) in [6.45, 7) is 4.05. The first-order chi connectivity index (χ1) is 21.1. The molecule has 0 saturated heterocycles. The van der Waals surface area contributed by atoms with E-state index in [0.29, 0.717) is 12.8 Å². The summed E-state index contributed by atoms with van der Waals surface area (Å²) >= 11 is 0. The Morgan fingerprint density at radius 1 is 0.372 bits per heavy atom. The van der Waals surface area contributed by atoms with E-state index in [9.17, 15) is 20.4 Å². The second kappa shape index (κ2) is 34.7. The molecule has 0 radical (unpaired) electrons. The summed E-state index contributed by atoms with van der Waals surface area (Å²) in [4.78, 5) is 0. The topological polar surface area (TPSA) is 90.2 Å². The molecule has 0 aromatic rings. The van der Waals surface area contributed by atoms with Crippen molar-refractivity contribution >= 4 is 0 Å². The lowest BCUT2D eigenvalue weighted by Crippen LogP contribution is -2.31. The van der Waals surface area contributed by atoms with Crippen molar-refractivity contribution in [3.05, 3.63) is 0 Å². The third-order valence-electron chi connectivity index (χ3n) is 9.14. The average Bonchev–Trinajstić information content (AvgIpc) is 3.01. The molecule has 0 aromatic heterocycles. The van der Waals surface area contributed by atoms with Gasteiger partial charge in [-0.1, -0.05) is 181 Å². The van der Waals surface area contributed by atoms with Crippen molar-refractivity contribution in [2.24, 2.45) is 0 Å². The Balaban J connectivity index is 4.21. The first-order valence-corrected chi connectivity index (χ1v) is 19.3. The smallest absolute Gasteiger partial charge is 0.0795 e. The number of aliphatic hydroxyl groups is 4. The van der Waals surface area contributed by atoms with Crippen molar-refractivity contribution in [3.63, 3.8) is 0 Å². The van der Waals surface area contributed by atoms with Crippen LogP contribution in [0.4, 0.5) is 0 Å². The summed E-state index contributed by atoms with van der Waals surface area (Å²) in [5, 5.41) is 39.2. The minimum absolute atomic E-state index is 0.118. The van der Waals surface area contributed by atoms with Crippen LogP contribution in [0.5, 0.6) is 0 Å². The van der Waals surface area contributed by atoms with Gasteiger partial charge in [0.25, 0.3) is 0 Å². The van der Waals surface area contributed by atoms with Gasteiger partial charge in [0.15, 0.2) is 0 Å². The highest BCUT2D eigenvalue weighted by Crippen LogP contribution is 2.22. The van der Waals surface area contributed by atoms with Crippen molar-refractivity contribution < 1.29 is 25.2 Å². The van der Waals surface area contributed by atoms with Gasteiger partial charge < -0.3 is 25.2 Å². The zero-order valence-corrected chi connectivity index (χ0v) is 29.1. The third kappa shape index (κ3) is 31.6. The largest absolute Gasteiger partial charge is 0.394 e. The van der Waals surface area contributed by atoms with Gasteiger partial charge in [-0.15, -0.1) is 0 Å². The van der Waals surface area contributed by atoms with Crippen molar-refractivity contribution in [2.75, 3.05) is 13.2 Å². The first-order valence-electron chi connectivity index (χ1n) is 19.3. The Labute approximate surface area is 269 Å². The van der Waals surface area contributed by atoms with E-state index in [4.69, 9.17) is 4.74 Å². The van der Waals surface area contributed by atoms with Crippen LogP contribution in [0.1, 0.15) is 206 Å². The van der Waals surface area contributed by atoms with Gasteiger partial charge in [0.2, 0.25) is 0 Å². The molecule has 0 fully saturated rings. The zero-order chi connectivity index (χ0) is 31.6. The van der Waals surface area contributed by atoms with Crippen molar-refractivity contribution in [3.8, 4) is 0 Å². The van der Waals surface area contributed by atoms with Crippen LogP contribution in [-0.4, -0.2) is 58.1 Å². The van der Waals surface area contributed by atoms with E-state index in [1.54, 1.807) is 0 Å². The van der Waals surface area contributed by atoms with E-state index < -0.39 is 12.2 Å². The molecule has 0 heterocycles. The maximum atomic E-state index is 10.2. The van der Waals surface area contributed by atoms with E-state index in [0.717, 1.165) is 25.7 Å². The molecular formula is C38H78O5. The number of ether oxygens (including phenoxy) is 1. The maximum Gasteiger partial charge on any atom is 0.0795 e. The highest BCUT2D eigenvalue weighted by Gasteiger charge is 2.22. The predicted octanol–water partition coefficient (Wildman–Crippen LogP) is 10.2. The monoisotopic (exact) mass is 615 g/mol. The summed E-state index contributed by atoms with van der Waals surface area (Å²) in [6, 6.07) is 0. The molecule has 0 spiro atoms. The summed E-state index contributed by atoms with van der Waals surface area (Å²) in [7, 11) is 0. The standard InChI is InChI=1S/C38H78O5/c1-3-5-7-9-11-13-15-17-19-21-23-25-27-29-37(31-35(41)33-39)43-38(32-36(42)34-40)30-28-26-24-22-20-18-16-14-12-10-8-6-4-2/h35-42H,3-34H2,1-2H3. The number of rotatable bonds is 36. The molecule has 5 nitrogen and oxygen atoms in total. The van der Waals surface area contributed by atoms with Crippen LogP contribution in [0, 0.1) is 0 Å². The van der Waals surface area contributed by atoms with Gasteiger partial charge in [-0.3, -0.25) is 0 Å². The van der Waals surface area contributed by atoms with Gasteiger partial charge in [0.05, 0.1) is 37.6 Å². The number of hydrogen-bond acceptors (Lipinski definition) is 5. The van der Waals surface area contributed by atoms with E-state index in [1.807, 2.05) is 0 Å². The van der Waals surface area contributed by atoms with Gasteiger partial charge in [0, 0.05) is 12.8 Å². The Bertz CT molecular complexity index is 473. The average molecular weight is 615 g/mol. The molecule has 0 bridgehead atoms. The van der Waals surface area contributed by atoms with Crippen molar-refractivity contribution in [1.29, 1.82) is 0 Å². The summed E-state index contributed by atoms with van der Waals surface area (Å²) < 4.78 is 6.47. The molecule has 5 heteroatoms. The minimum atomic E-state index is -0.772. The Kier molecular flexibility index (Phi) is 34.5. The molecule has 0 saturated carbocycles. The van der Waals surface area contributed by atoms with E-state index >= 15 is 0 Å². The Hall–Kier alpha value is -0.200. The van der Waals surface area contributed by atoms with E-state index in [-0.39, 0.29) is 25.4 Å².